The van der Waals surface area contributed by atoms with Crippen LogP contribution in [0.15, 0.2) is 18.3 Å². The number of nitrogens with zero attached hydrogens (tertiary/aromatic N) is 4. The summed E-state index contributed by atoms with van der Waals surface area (Å²) in [5.74, 6) is 0. The molecule has 0 atom stereocenters. The van der Waals surface area contributed by atoms with Gasteiger partial charge in [-0.05, 0) is 32.9 Å². The Morgan fingerprint density at radius 3 is 2.89 bits per heavy atom. The lowest BCUT2D eigenvalue weighted by molar-refractivity contribution is 0.0521. The molecule has 0 spiro atoms. The first-order valence-electron chi connectivity index (χ1n) is 5.81. The number of aromatic nitrogens is 3. The summed E-state index contributed by atoms with van der Waals surface area (Å²) in [6.07, 6.45) is 0.986. The van der Waals surface area contributed by atoms with Gasteiger partial charge in [-0.1, -0.05) is 0 Å². The fourth-order valence-electron chi connectivity index (χ4n) is 1.64. The molecule has 0 saturated carbocycles. The van der Waals surface area contributed by atoms with E-state index < -0.39 is 11.7 Å². The molecule has 0 N–H and O–H groups in total. The molecule has 0 radical (unpaired) electrons. The molecule has 0 aliphatic carbocycles. The number of pyridine rings is 1. The van der Waals surface area contributed by atoms with E-state index in [2.05, 4.69) is 14.9 Å². The molecule has 0 aromatic carbocycles. The lowest BCUT2D eigenvalue weighted by atomic mass is 10.2. The minimum atomic E-state index is -0.607. The molecular formula is C13H14N4O2. The maximum absolute atomic E-state index is 12.1. The highest BCUT2D eigenvalue weighted by Gasteiger charge is 2.23. The molecule has 2 aromatic heterocycles. The van der Waals surface area contributed by atoms with Crippen molar-refractivity contribution in [3.8, 4) is 0 Å². The molecule has 0 aliphatic heterocycles. The van der Waals surface area contributed by atoms with E-state index in [9.17, 15) is 4.79 Å². The number of hydrogen-bond acceptors (Lipinski definition) is 4. The minimum Gasteiger partial charge on any atom is -0.442 e. The summed E-state index contributed by atoms with van der Waals surface area (Å²) in [6, 6.07) is 3.54. The molecule has 0 bridgehead atoms. The van der Waals surface area contributed by atoms with E-state index in [1.54, 1.807) is 39.1 Å². The van der Waals surface area contributed by atoms with Gasteiger partial charge < -0.3 is 9.58 Å². The van der Waals surface area contributed by atoms with Crippen LogP contribution in [0.25, 0.3) is 15.9 Å². The monoisotopic (exact) mass is 258 g/mol. The average Bonchev–Trinajstić information content (AvgIpc) is 2.67. The van der Waals surface area contributed by atoms with E-state index in [0.29, 0.717) is 16.7 Å². The summed E-state index contributed by atoms with van der Waals surface area (Å²) in [5.41, 5.74) is 0.337. The summed E-state index contributed by atoms with van der Waals surface area (Å²) in [4.78, 5) is 19.5. The van der Waals surface area contributed by atoms with E-state index in [1.165, 1.54) is 0 Å². The van der Waals surface area contributed by atoms with Crippen LogP contribution in [0.5, 0.6) is 0 Å². The van der Waals surface area contributed by atoms with Gasteiger partial charge in [0.1, 0.15) is 5.60 Å². The first kappa shape index (κ1) is 13.0. The van der Waals surface area contributed by atoms with Crippen molar-refractivity contribution in [2.75, 3.05) is 0 Å². The fourth-order valence-corrected chi connectivity index (χ4v) is 1.64. The van der Waals surface area contributed by atoms with Crippen molar-refractivity contribution in [1.82, 2.24) is 14.8 Å². The molecule has 0 unspecified atom stereocenters. The molecule has 0 aliphatic rings. The van der Waals surface area contributed by atoms with E-state index in [1.807, 2.05) is 0 Å². The van der Waals surface area contributed by atoms with Crippen molar-refractivity contribution in [2.24, 2.45) is 0 Å². The van der Waals surface area contributed by atoms with Gasteiger partial charge in [-0.3, -0.25) is 0 Å². The van der Waals surface area contributed by atoms with E-state index >= 15 is 0 Å². The average molecular weight is 258 g/mol. The van der Waals surface area contributed by atoms with Crippen LogP contribution >= 0.6 is 0 Å². The maximum Gasteiger partial charge on any atom is 0.437 e. The van der Waals surface area contributed by atoms with Crippen molar-refractivity contribution in [3.05, 3.63) is 35.4 Å². The number of fused-ring (bicyclic) bond motifs is 1. The highest BCUT2D eigenvalue weighted by Crippen LogP contribution is 2.18. The summed E-state index contributed by atoms with van der Waals surface area (Å²) >= 11 is 0. The van der Waals surface area contributed by atoms with Crippen LogP contribution < -0.4 is 0 Å². The van der Waals surface area contributed by atoms with Crippen LogP contribution in [0, 0.1) is 6.57 Å². The normalized spacial score (nSPS) is 11.3. The molecule has 0 amide bonds. The topological polar surface area (TPSA) is 61.4 Å². The molecule has 0 saturated heterocycles. The number of carbonyl (C=O) groups excluding carboxylic acids is 1. The first-order valence-corrected chi connectivity index (χ1v) is 5.81. The van der Waals surface area contributed by atoms with Crippen molar-refractivity contribution < 1.29 is 9.53 Å². The number of carbonyl (C=O) groups is 1. The fraction of sp³-hybridized carbons (Fsp3) is 0.385. The van der Waals surface area contributed by atoms with Crippen LogP contribution in [0.2, 0.25) is 0 Å². The second-order valence-corrected chi connectivity index (χ2v) is 5.03. The Hall–Kier alpha value is -2.42. The van der Waals surface area contributed by atoms with E-state index in [-0.39, 0.29) is 6.54 Å². The molecule has 2 rings (SSSR count). The Kier molecular flexibility index (Phi) is 3.21. The molecule has 6 heteroatoms. The molecule has 0 fully saturated rings. The van der Waals surface area contributed by atoms with Crippen LogP contribution in [-0.4, -0.2) is 26.5 Å². The molecule has 2 heterocycles. The summed E-state index contributed by atoms with van der Waals surface area (Å²) in [5, 5.41) is 4.83. The molecule has 6 nitrogen and oxygen atoms in total. The van der Waals surface area contributed by atoms with Crippen molar-refractivity contribution in [1.29, 1.82) is 0 Å². The third-order valence-corrected chi connectivity index (χ3v) is 2.31. The third-order valence-electron chi connectivity index (χ3n) is 2.31. The number of rotatable bonds is 1. The van der Waals surface area contributed by atoms with Gasteiger partial charge in [0, 0.05) is 6.20 Å². The summed E-state index contributed by atoms with van der Waals surface area (Å²) in [7, 11) is 0. The number of ether oxygens (including phenoxy) is 1. The first-order chi connectivity index (χ1) is 8.92. The summed E-state index contributed by atoms with van der Waals surface area (Å²) in [6.45, 7) is 12.4. The van der Waals surface area contributed by atoms with Crippen LogP contribution in [0.1, 0.15) is 26.5 Å². The van der Waals surface area contributed by atoms with Crippen molar-refractivity contribution in [2.45, 2.75) is 32.9 Å². The van der Waals surface area contributed by atoms with Crippen molar-refractivity contribution >= 4 is 17.1 Å². The van der Waals surface area contributed by atoms with Gasteiger partial charge in [-0.25, -0.2) is 16.4 Å². The Bertz CT molecular complexity index is 661. The van der Waals surface area contributed by atoms with Crippen LogP contribution in [0.3, 0.4) is 0 Å². The number of hydrogen-bond donors (Lipinski definition) is 0. The van der Waals surface area contributed by atoms with Crippen LogP contribution in [-0.2, 0) is 11.3 Å². The maximum atomic E-state index is 12.1. The Balaban J connectivity index is 2.49. The molecule has 2 aromatic rings. The lowest BCUT2D eigenvalue weighted by Gasteiger charge is -2.18. The quantitative estimate of drug-likeness (QED) is 0.738. The minimum absolute atomic E-state index is 0.109. The predicted octanol–water partition coefficient (Wildman–Crippen LogP) is 2.63. The van der Waals surface area contributed by atoms with Gasteiger partial charge in [-0.2, -0.15) is 5.10 Å². The largest absolute Gasteiger partial charge is 0.442 e. The molecule has 19 heavy (non-hydrogen) atoms. The third kappa shape index (κ3) is 2.71. The Morgan fingerprint density at radius 2 is 2.26 bits per heavy atom. The zero-order chi connectivity index (χ0) is 14.0. The second-order valence-electron chi connectivity index (χ2n) is 5.03. The SMILES string of the molecule is [C-]#[N+]Cc1nn(C(=O)OC(C)(C)C)c2ncccc12. The van der Waals surface area contributed by atoms with E-state index in [4.69, 9.17) is 11.3 Å². The van der Waals surface area contributed by atoms with Gasteiger partial charge in [0.15, 0.2) is 11.3 Å². The lowest BCUT2D eigenvalue weighted by Crippen LogP contribution is -2.28. The molecule has 98 valence electrons. The zero-order valence-corrected chi connectivity index (χ0v) is 11.0. The van der Waals surface area contributed by atoms with E-state index in [0.717, 1.165) is 4.68 Å². The van der Waals surface area contributed by atoms with Gasteiger partial charge in [0.25, 0.3) is 6.54 Å². The van der Waals surface area contributed by atoms with Gasteiger partial charge in [0.2, 0.25) is 0 Å². The highest BCUT2D eigenvalue weighted by molar-refractivity contribution is 5.87. The Morgan fingerprint density at radius 1 is 1.53 bits per heavy atom. The van der Waals surface area contributed by atoms with Gasteiger partial charge in [-0.15, -0.1) is 4.68 Å². The van der Waals surface area contributed by atoms with Crippen molar-refractivity contribution in [3.63, 3.8) is 0 Å². The van der Waals surface area contributed by atoms with Crippen LogP contribution in [0.4, 0.5) is 4.79 Å². The summed E-state index contributed by atoms with van der Waals surface area (Å²) < 4.78 is 6.38. The Labute approximate surface area is 110 Å². The van der Waals surface area contributed by atoms with Gasteiger partial charge in [0.05, 0.1) is 5.39 Å². The highest BCUT2D eigenvalue weighted by atomic mass is 16.6. The zero-order valence-electron chi connectivity index (χ0n) is 11.0. The molecular weight excluding hydrogens is 244 g/mol. The smallest absolute Gasteiger partial charge is 0.437 e. The predicted molar refractivity (Wildman–Crippen MR) is 69.5 cm³/mol. The second kappa shape index (κ2) is 4.69. The van der Waals surface area contributed by atoms with Gasteiger partial charge >= 0.3 is 6.09 Å². The standard InChI is InChI=1S/C13H14N4O2/c1-13(2,3)19-12(18)17-11-9(6-5-7-15-11)10(16-17)8-14-4/h5-7H,8H2,1-3H3.